The van der Waals surface area contributed by atoms with Crippen LogP contribution in [0.1, 0.15) is 13.8 Å². The Labute approximate surface area is 105 Å². The molecule has 1 N–H and O–H groups in total. The monoisotopic (exact) mass is 250 g/mol. The topological polar surface area (TPSA) is 50.7 Å². The highest BCUT2D eigenvalue weighted by Crippen LogP contribution is 2.12. The Morgan fingerprint density at radius 3 is 2.59 bits per heavy atom. The summed E-state index contributed by atoms with van der Waals surface area (Å²) in [5, 5.41) is 11.3. The van der Waals surface area contributed by atoms with Gasteiger partial charge in [0, 0.05) is 6.54 Å². The molecule has 0 aliphatic carbocycles. The molecule has 0 saturated heterocycles. The van der Waals surface area contributed by atoms with Gasteiger partial charge in [-0.25, -0.2) is 4.98 Å². The molecule has 0 radical (unpaired) electrons. The Morgan fingerprint density at radius 1 is 1.18 bits per heavy atom. The highest BCUT2D eigenvalue weighted by Gasteiger charge is 2.10. The van der Waals surface area contributed by atoms with Gasteiger partial charge in [-0.1, -0.05) is 26.0 Å². The molecule has 1 aromatic heterocycles. The van der Waals surface area contributed by atoms with E-state index in [2.05, 4.69) is 34.3 Å². The lowest BCUT2D eigenvalue weighted by Crippen LogP contribution is -2.20. The second-order valence-electron chi connectivity index (χ2n) is 4.27. The van der Waals surface area contributed by atoms with E-state index < -0.39 is 0 Å². The third-order valence-electron chi connectivity index (χ3n) is 2.54. The van der Waals surface area contributed by atoms with E-state index in [1.807, 2.05) is 24.3 Å². The van der Waals surface area contributed by atoms with Crippen LogP contribution in [0.2, 0.25) is 0 Å². The van der Waals surface area contributed by atoms with Crippen LogP contribution >= 0.6 is 11.6 Å². The molecule has 0 spiro atoms. The Hall–Kier alpha value is -1.42. The van der Waals surface area contributed by atoms with Gasteiger partial charge in [-0.3, -0.25) is 0 Å². The molecule has 2 aromatic rings. The number of rotatable bonds is 4. The van der Waals surface area contributed by atoms with Crippen LogP contribution < -0.4 is 5.32 Å². The van der Waals surface area contributed by atoms with Crippen molar-refractivity contribution >= 4 is 28.6 Å². The number of hydrogen-bond acceptors (Lipinski definition) is 4. The fraction of sp³-hybridized carbons (Fsp3) is 0.417. The van der Waals surface area contributed by atoms with Crippen molar-refractivity contribution in [1.82, 2.24) is 15.2 Å². The fourth-order valence-corrected chi connectivity index (χ4v) is 1.46. The maximum absolute atomic E-state index is 6.15. The van der Waals surface area contributed by atoms with Gasteiger partial charge in [-0.15, -0.1) is 21.8 Å². The molecule has 0 amide bonds. The molecule has 17 heavy (non-hydrogen) atoms. The molecule has 0 fully saturated rings. The summed E-state index contributed by atoms with van der Waals surface area (Å²) >= 11 is 6.15. The first-order chi connectivity index (χ1) is 8.16. The Kier molecular flexibility index (Phi) is 3.74. The number of para-hydroxylation sites is 1. The van der Waals surface area contributed by atoms with Gasteiger partial charge in [0.25, 0.3) is 0 Å². The lowest BCUT2D eigenvalue weighted by atomic mass is 10.1. The number of nitrogens with zero attached hydrogens (tertiary/aromatic N) is 3. The molecular weight excluding hydrogens is 236 g/mol. The third kappa shape index (κ3) is 3.03. The molecule has 0 aliphatic heterocycles. The second-order valence-corrected chi connectivity index (χ2v) is 4.83. The summed E-state index contributed by atoms with van der Waals surface area (Å²) in [5.74, 6) is 0.938. The zero-order valence-electron chi connectivity index (χ0n) is 9.89. The Bertz CT molecular complexity index is 501. The summed E-state index contributed by atoms with van der Waals surface area (Å²) in [4.78, 5) is 4.36. The van der Waals surface area contributed by atoms with Gasteiger partial charge in [-0.2, -0.15) is 0 Å². The van der Waals surface area contributed by atoms with Gasteiger partial charge >= 0.3 is 0 Å². The number of nitrogens with one attached hydrogen (secondary N) is 1. The van der Waals surface area contributed by atoms with Crippen molar-refractivity contribution in [3.63, 3.8) is 0 Å². The highest BCUT2D eigenvalue weighted by atomic mass is 35.5. The van der Waals surface area contributed by atoms with Crippen LogP contribution in [-0.2, 0) is 0 Å². The van der Waals surface area contributed by atoms with Crippen molar-refractivity contribution in [3.05, 3.63) is 24.3 Å². The van der Waals surface area contributed by atoms with Crippen molar-refractivity contribution < 1.29 is 0 Å². The normalized spacial score (nSPS) is 12.9. The third-order valence-corrected chi connectivity index (χ3v) is 3.20. The molecule has 1 unspecified atom stereocenters. The van der Waals surface area contributed by atoms with Crippen molar-refractivity contribution in [1.29, 1.82) is 0 Å². The average molecular weight is 251 g/mol. The summed E-state index contributed by atoms with van der Waals surface area (Å²) in [6.07, 6.45) is 0. The van der Waals surface area contributed by atoms with E-state index in [9.17, 15) is 0 Å². The van der Waals surface area contributed by atoms with Crippen LogP contribution in [0.15, 0.2) is 24.3 Å². The highest BCUT2D eigenvalue weighted by molar-refractivity contribution is 6.21. The Balaban J connectivity index is 2.09. The van der Waals surface area contributed by atoms with Gasteiger partial charge < -0.3 is 5.32 Å². The number of aromatic nitrogens is 3. The molecule has 0 aliphatic rings. The van der Waals surface area contributed by atoms with Gasteiger partial charge in [-0.05, 0) is 18.1 Å². The summed E-state index contributed by atoms with van der Waals surface area (Å²) in [7, 11) is 0. The maximum Gasteiger partial charge on any atom is 0.243 e. The minimum atomic E-state index is 0.0603. The van der Waals surface area contributed by atoms with Crippen LogP contribution in [0.4, 0.5) is 5.95 Å². The first-order valence-corrected chi connectivity index (χ1v) is 6.08. The van der Waals surface area contributed by atoms with Crippen LogP contribution in [-0.4, -0.2) is 27.1 Å². The number of alkyl halides is 1. The maximum atomic E-state index is 6.15. The number of anilines is 1. The van der Waals surface area contributed by atoms with E-state index in [1.165, 1.54) is 0 Å². The summed E-state index contributed by atoms with van der Waals surface area (Å²) in [6.45, 7) is 4.80. The lowest BCUT2D eigenvalue weighted by Gasteiger charge is -2.13. The molecule has 2 rings (SSSR count). The fourth-order valence-electron chi connectivity index (χ4n) is 1.38. The lowest BCUT2D eigenvalue weighted by molar-refractivity contribution is 0.614. The molecule has 0 saturated carbocycles. The molecular formula is C12H15ClN4. The number of hydrogen-bond donors (Lipinski definition) is 1. The van der Waals surface area contributed by atoms with Crippen LogP contribution in [0.5, 0.6) is 0 Å². The van der Waals surface area contributed by atoms with Crippen LogP contribution in [0, 0.1) is 5.92 Å². The van der Waals surface area contributed by atoms with Crippen LogP contribution in [0.25, 0.3) is 11.0 Å². The van der Waals surface area contributed by atoms with E-state index in [0.717, 1.165) is 11.0 Å². The predicted octanol–water partition coefficient (Wildman–Crippen LogP) is 2.70. The average Bonchev–Trinajstić information content (AvgIpc) is 2.35. The van der Waals surface area contributed by atoms with Crippen LogP contribution in [0.3, 0.4) is 0 Å². The van der Waals surface area contributed by atoms with Gasteiger partial charge in [0.15, 0.2) is 0 Å². The SMILES string of the molecule is CC(C)C(Cl)CNc1nnc2ccccc2n1. The van der Waals surface area contributed by atoms with E-state index in [0.29, 0.717) is 18.4 Å². The van der Waals surface area contributed by atoms with Crippen molar-refractivity contribution in [2.75, 3.05) is 11.9 Å². The minimum Gasteiger partial charge on any atom is -0.351 e. The van der Waals surface area contributed by atoms with Crippen molar-refractivity contribution in [3.8, 4) is 0 Å². The van der Waals surface area contributed by atoms with Crippen molar-refractivity contribution in [2.45, 2.75) is 19.2 Å². The first kappa shape index (κ1) is 12.0. The molecule has 1 aromatic carbocycles. The summed E-state index contributed by atoms with van der Waals surface area (Å²) in [5.41, 5.74) is 1.63. The summed E-state index contributed by atoms with van der Waals surface area (Å²) < 4.78 is 0. The van der Waals surface area contributed by atoms with Crippen molar-refractivity contribution in [2.24, 2.45) is 5.92 Å². The Morgan fingerprint density at radius 2 is 1.88 bits per heavy atom. The number of fused-ring (bicyclic) bond motifs is 1. The number of benzene rings is 1. The molecule has 5 heteroatoms. The standard InChI is InChI=1S/C12H15ClN4/c1-8(2)9(13)7-14-12-15-10-5-3-4-6-11(10)16-17-12/h3-6,8-9H,7H2,1-2H3,(H,14,15,17). The largest absolute Gasteiger partial charge is 0.351 e. The van der Waals surface area contributed by atoms with E-state index in [-0.39, 0.29) is 5.38 Å². The molecule has 0 bridgehead atoms. The van der Waals surface area contributed by atoms with Gasteiger partial charge in [0.1, 0.15) is 5.52 Å². The molecule has 90 valence electrons. The van der Waals surface area contributed by atoms with E-state index >= 15 is 0 Å². The molecule has 1 atom stereocenters. The second kappa shape index (κ2) is 5.27. The smallest absolute Gasteiger partial charge is 0.243 e. The van der Waals surface area contributed by atoms with Gasteiger partial charge in [0.05, 0.1) is 10.9 Å². The molecule has 1 heterocycles. The zero-order chi connectivity index (χ0) is 12.3. The first-order valence-electron chi connectivity index (χ1n) is 5.64. The summed E-state index contributed by atoms with van der Waals surface area (Å²) in [6, 6.07) is 7.64. The van der Waals surface area contributed by atoms with Gasteiger partial charge in [0.2, 0.25) is 5.95 Å². The van der Waals surface area contributed by atoms with E-state index in [1.54, 1.807) is 0 Å². The quantitative estimate of drug-likeness (QED) is 0.848. The minimum absolute atomic E-state index is 0.0603. The predicted molar refractivity (Wildman–Crippen MR) is 70.3 cm³/mol. The number of halogens is 1. The van der Waals surface area contributed by atoms with E-state index in [4.69, 9.17) is 11.6 Å². The zero-order valence-corrected chi connectivity index (χ0v) is 10.6. The molecule has 4 nitrogen and oxygen atoms in total.